The molecule has 0 aromatic heterocycles. The summed E-state index contributed by atoms with van der Waals surface area (Å²) in [6, 6.07) is 3.31. The predicted octanol–water partition coefficient (Wildman–Crippen LogP) is 3.81. The Balaban J connectivity index is 3.09. The van der Waals surface area contributed by atoms with Crippen LogP contribution in [0.15, 0.2) is 16.6 Å². The second-order valence-electron chi connectivity index (χ2n) is 3.98. The van der Waals surface area contributed by atoms with Crippen LogP contribution in [0.4, 0.5) is 0 Å². The van der Waals surface area contributed by atoms with Crippen molar-refractivity contribution in [3.05, 3.63) is 22.2 Å². The monoisotopic (exact) mass is 330 g/mol. The summed E-state index contributed by atoms with van der Waals surface area (Å²) in [5.41, 5.74) is 0.419. The first-order valence-electron chi connectivity index (χ1n) is 6.31. The van der Waals surface area contributed by atoms with Gasteiger partial charge in [-0.3, -0.25) is 0 Å². The van der Waals surface area contributed by atoms with Crippen molar-refractivity contribution in [2.24, 2.45) is 0 Å². The predicted molar refractivity (Wildman–Crippen MR) is 77.1 cm³/mol. The third-order valence-electron chi connectivity index (χ3n) is 2.35. The molecule has 0 radical (unpaired) electrons. The van der Waals surface area contributed by atoms with Crippen molar-refractivity contribution in [1.82, 2.24) is 0 Å². The van der Waals surface area contributed by atoms with Crippen LogP contribution in [0.2, 0.25) is 0 Å². The van der Waals surface area contributed by atoms with Gasteiger partial charge in [-0.1, -0.05) is 13.8 Å². The molecule has 1 aromatic rings. The largest absolute Gasteiger partial charge is 0.492 e. The fraction of sp³-hybridized carbons (Fsp3) is 0.500. The fourth-order valence-corrected chi connectivity index (χ4v) is 1.90. The van der Waals surface area contributed by atoms with E-state index in [4.69, 9.17) is 14.2 Å². The molecule has 1 aromatic carbocycles. The highest BCUT2D eigenvalue weighted by molar-refractivity contribution is 9.10. The van der Waals surface area contributed by atoms with Crippen LogP contribution >= 0.6 is 15.9 Å². The van der Waals surface area contributed by atoms with E-state index < -0.39 is 5.97 Å². The van der Waals surface area contributed by atoms with E-state index >= 15 is 0 Å². The van der Waals surface area contributed by atoms with Crippen molar-refractivity contribution in [3.8, 4) is 11.5 Å². The summed E-state index contributed by atoms with van der Waals surface area (Å²) >= 11 is 3.44. The van der Waals surface area contributed by atoms with Gasteiger partial charge in [0.1, 0.15) is 16.0 Å². The van der Waals surface area contributed by atoms with Crippen molar-refractivity contribution in [3.63, 3.8) is 0 Å². The summed E-state index contributed by atoms with van der Waals surface area (Å²) in [5.74, 6) is 0.780. The zero-order valence-corrected chi connectivity index (χ0v) is 13.1. The van der Waals surface area contributed by atoms with E-state index in [0.29, 0.717) is 30.3 Å². The van der Waals surface area contributed by atoms with Crippen molar-refractivity contribution < 1.29 is 19.0 Å². The van der Waals surface area contributed by atoms with Gasteiger partial charge < -0.3 is 14.2 Å². The number of methoxy groups -OCH3 is 1. The lowest BCUT2D eigenvalue weighted by Gasteiger charge is -2.14. The Bertz CT molecular complexity index is 402. The summed E-state index contributed by atoms with van der Waals surface area (Å²) in [6.07, 6.45) is 1.78. The second kappa shape index (κ2) is 8.04. The van der Waals surface area contributed by atoms with Crippen LogP contribution in [0.3, 0.4) is 0 Å². The quantitative estimate of drug-likeness (QED) is 0.713. The van der Waals surface area contributed by atoms with Crippen LogP contribution in [-0.4, -0.2) is 26.3 Å². The molecule has 0 amide bonds. The molecule has 0 saturated carbocycles. The van der Waals surface area contributed by atoms with Gasteiger partial charge in [-0.15, -0.1) is 0 Å². The third-order valence-corrected chi connectivity index (χ3v) is 3.13. The van der Waals surface area contributed by atoms with Gasteiger partial charge in [-0.05, 0) is 40.9 Å². The Hall–Kier alpha value is -1.23. The summed E-state index contributed by atoms with van der Waals surface area (Å²) in [4.78, 5) is 11.6. The average molecular weight is 331 g/mol. The smallest absolute Gasteiger partial charge is 0.338 e. The van der Waals surface area contributed by atoms with Gasteiger partial charge in [-0.25, -0.2) is 4.79 Å². The van der Waals surface area contributed by atoms with Crippen molar-refractivity contribution in [2.45, 2.75) is 26.7 Å². The van der Waals surface area contributed by atoms with Gasteiger partial charge in [0.2, 0.25) is 0 Å². The molecule has 19 heavy (non-hydrogen) atoms. The normalized spacial score (nSPS) is 10.1. The Kier molecular flexibility index (Phi) is 6.70. The molecular weight excluding hydrogens is 312 g/mol. The van der Waals surface area contributed by atoms with Gasteiger partial charge in [0.15, 0.2) is 0 Å². The number of ether oxygens (including phenoxy) is 3. The third kappa shape index (κ3) is 4.42. The highest BCUT2D eigenvalue weighted by Crippen LogP contribution is 2.36. The number of esters is 1. The van der Waals surface area contributed by atoms with Gasteiger partial charge in [-0.2, -0.15) is 0 Å². The minimum absolute atomic E-state index is 0.407. The minimum atomic E-state index is -0.407. The topological polar surface area (TPSA) is 44.8 Å². The van der Waals surface area contributed by atoms with Gasteiger partial charge in [0.05, 0.1) is 25.9 Å². The first-order chi connectivity index (χ1) is 9.13. The fourth-order valence-electron chi connectivity index (χ4n) is 1.44. The lowest BCUT2D eigenvalue weighted by molar-refractivity contribution is 0.0599. The molecule has 0 heterocycles. The molecular formula is C14H19BrO4. The van der Waals surface area contributed by atoms with Gasteiger partial charge in [0.25, 0.3) is 0 Å². The van der Waals surface area contributed by atoms with E-state index in [2.05, 4.69) is 15.9 Å². The molecule has 0 atom stereocenters. The lowest BCUT2D eigenvalue weighted by Crippen LogP contribution is -2.05. The maximum atomic E-state index is 11.6. The standard InChI is InChI=1S/C14H19BrO4/c1-4-6-18-11-8-10(14(16)17-3)9-12(13(11)15)19-7-5-2/h8-9H,4-7H2,1-3H3. The zero-order chi connectivity index (χ0) is 14.3. The first-order valence-corrected chi connectivity index (χ1v) is 7.10. The first kappa shape index (κ1) is 15.8. The van der Waals surface area contributed by atoms with Crippen molar-refractivity contribution in [1.29, 1.82) is 0 Å². The highest BCUT2D eigenvalue weighted by Gasteiger charge is 2.15. The molecule has 0 bridgehead atoms. The van der Waals surface area contributed by atoms with Crippen LogP contribution in [0.1, 0.15) is 37.0 Å². The van der Waals surface area contributed by atoms with Gasteiger partial charge in [0, 0.05) is 0 Å². The Morgan fingerprint density at radius 2 is 1.58 bits per heavy atom. The molecule has 0 unspecified atom stereocenters. The summed E-state index contributed by atoms with van der Waals surface area (Å²) in [7, 11) is 1.35. The molecule has 0 saturated heterocycles. The molecule has 106 valence electrons. The molecule has 0 aliphatic carbocycles. The number of carbonyl (C=O) groups is 1. The molecule has 0 aliphatic heterocycles. The lowest BCUT2D eigenvalue weighted by atomic mass is 10.2. The molecule has 0 aliphatic rings. The SMILES string of the molecule is CCCOc1cc(C(=O)OC)cc(OCCC)c1Br. The number of hydrogen-bond donors (Lipinski definition) is 0. The van der Waals surface area contributed by atoms with Gasteiger partial charge >= 0.3 is 5.97 Å². The van der Waals surface area contributed by atoms with E-state index in [1.54, 1.807) is 12.1 Å². The van der Waals surface area contributed by atoms with E-state index in [9.17, 15) is 4.79 Å². The molecule has 4 nitrogen and oxygen atoms in total. The van der Waals surface area contributed by atoms with Crippen molar-refractivity contribution >= 4 is 21.9 Å². The van der Waals surface area contributed by atoms with Crippen LogP contribution in [0.5, 0.6) is 11.5 Å². The molecule has 0 fully saturated rings. The zero-order valence-electron chi connectivity index (χ0n) is 11.5. The number of hydrogen-bond acceptors (Lipinski definition) is 4. The Morgan fingerprint density at radius 3 is 1.95 bits per heavy atom. The molecule has 0 N–H and O–H groups in total. The number of rotatable bonds is 7. The van der Waals surface area contributed by atoms with E-state index in [1.807, 2.05) is 13.8 Å². The van der Waals surface area contributed by atoms with Crippen LogP contribution in [0, 0.1) is 0 Å². The van der Waals surface area contributed by atoms with Crippen molar-refractivity contribution in [2.75, 3.05) is 20.3 Å². The molecule has 5 heteroatoms. The molecule has 0 spiro atoms. The molecule has 1 rings (SSSR count). The second-order valence-corrected chi connectivity index (χ2v) is 4.77. The maximum absolute atomic E-state index is 11.6. The van der Waals surface area contributed by atoms with E-state index in [-0.39, 0.29) is 0 Å². The van der Waals surface area contributed by atoms with Crippen LogP contribution in [-0.2, 0) is 4.74 Å². The summed E-state index contributed by atoms with van der Waals surface area (Å²) < 4.78 is 16.7. The minimum Gasteiger partial charge on any atom is -0.492 e. The number of benzene rings is 1. The van der Waals surface area contributed by atoms with E-state index in [0.717, 1.165) is 17.3 Å². The highest BCUT2D eigenvalue weighted by atomic mass is 79.9. The maximum Gasteiger partial charge on any atom is 0.338 e. The number of halogens is 1. The Labute approximate surface area is 122 Å². The summed E-state index contributed by atoms with van der Waals surface area (Å²) in [6.45, 7) is 5.20. The van der Waals surface area contributed by atoms with Crippen LogP contribution in [0.25, 0.3) is 0 Å². The number of carbonyl (C=O) groups excluding carboxylic acids is 1. The van der Waals surface area contributed by atoms with Crippen LogP contribution < -0.4 is 9.47 Å². The summed E-state index contributed by atoms with van der Waals surface area (Å²) in [5, 5.41) is 0. The average Bonchev–Trinajstić information content (AvgIpc) is 2.44. The Morgan fingerprint density at radius 1 is 1.11 bits per heavy atom. The van der Waals surface area contributed by atoms with E-state index in [1.165, 1.54) is 7.11 Å².